The van der Waals surface area contributed by atoms with Crippen LogP contribution in [0.25, 0.3) is 0 Å². The lowest BCUT2D eigenvalue weighted by Gasteiger charge is -2.15. The summed E-state index contributed by atoms with van der Waals surface area (Å²) in [7, 11) is 1.48. The lowest BCUT2D eigenvalue weighted by molar-refractivity contribution is -0.137. The van der Waals surface area contributed by atoms with Crippen LogP contribution in [0.2, 0.25) is 0 Å². The molecular weight excluding hydrogens is 321 g/mol. The number of carbonyl (C=O) groups excluding carboxylic acids is 1. The molecule has 1 rings (SSSR count). The maximum Gasteiger partial charge on any atom is 0.323 e. The number of nitrogens with zero attached hydrogens (tertiary/aromatic N) is 1. The molecule has 0 aliphatic rings. The van der Waals surface area contributed by atoms with E-state index in [0.29, 0.717) is 5.56 Å². The van der Waals surface area contributed by atoms with Crippen molar-refractivity contribution < 1.29 is 14.7 Å². The Labute approximate surface area is 107 Å². The number of halogens is 1. The van der Waals surface area contributed by atoms with E-state index in [1.54, 1.807) is 6.07 Å². The summed E-state index contributed by atoms with van der Waals surface area (Å²) in [6, 6.07) is 5.52. The molecular formula is C11H12INO3. The minimum atomic E-state index is -1.02. The standard InChI is InChI=1S/C11H12INO3/c1-7-3-4-9(12)8(5-7)11(16)13(2)6-10(14)15/h3-5H,6H2,1-2H3,(H,14,15). The van der Waals surface area contributed by atoms with Crippen LogP contribution in [0.4, 0.5) is 0 Å². The Bertz CT molecular complexity index is 431. The number of rotatable bonds is 3. The monoisotopic (exact) mass is 333 g/mol. The molecule has 4 nitrogen and oxygen atoms in total. The Kier molecular flexibility index (Phi) is 4.28. The first-order valence-electron chi connectivity index (χ1n) is 4.65. The molecule has 0 fully saturated rings. The molecule has 1 N–H and O–H groups in total. The topological polar surface area (TPSA) is 57.6 Å². The molecule has 1 amide bonds. The van der Waals surface area contributed by atoms with E-state index >= 15 is 0 Å². The van der Waals surface area contributed by atoms with Crippen LogP contribution in [-0.2, 0) is 4.79 Å². The summed E-state index contributed by atoms with van der Waals surface area (Å²) < 4.78 is 0.824. The largest absolute Gasteiger partial charge is 0.480 e. The number of carboxylic acid groups (broad SMARTS) is 1. The first kappa shape index (κ1) is 13.0. The average Bonchev–Trinajstić information content (AvgIpc) is 2.19. The molecule has 5 heteroatoms. The highest BCUT2D eigenvalue weighted by atomic mass is 127. The van der Waals surface area contributed by atoms with Gasteiger partial charge in [0.2, 0.25) is 0 Å². The van der Waals surface area contributed by atoms with Gasteiger partial charge in [0, 0.05) is 10.6 Å². The highest BCUT2D eigenvalue weighted by Crippen LogP contribution is 2.15. The van der Waals surface area contributed by atoms with E-state index in [1.165, 1.54) is 11.9 Å². The van der Waals surface area contributed by atoms with Crippen molar-refractivity contribution in [3.8, 4) is 0 Å². The van der Waals surface area contributed by atoms with E-state index in [-0.39, 0.29) is 12.5 Å². The van der Waals surface area contributed by atoms with Gasteiger partial charge in [-0.25, -0.2) is 0 Å². The molecule has 0 unspecified atom stereocenters. The molecule has 0 saturated carbocycles. The molecule has 0 aliphatic carbocycles. The average molecular weight is 333 g/mol. The fraction of sp³-hybridized carbons (Fsp3) is 0.273. The van der Waals surface area contributed by atoms with Crippen molar-refractivity contribution in [3.05, 3.63) is 32.9 Å². The fourth-order valence-electron chi connectivity index (χ4n) is 1.28. The molecule has 0 spiro atoms. The summed E-state index contributed by atoms with van der Waals surface area (Å²) in [4.78, 5) is 23.6. The van der Waals surface area contributed by atoms with Crippen molar-refractivity contribution in [2.45, 2.75) is 6.92 Å². The van der Waals surface area contributed by atoms with Crippen LogP contribution in [0.5, 0.6) is 0 Å². The molecule has 1 aromatic rings. The van der Waals surface area contributed by atoms with Gasteiger partial charge < -0.3 is 10.0 Å². The summed E-state index contributed by atoms with van der Waals surface area (Å²) >= 11 is 2.06. The van der Waals surface area contributed by atoms with Crippen molar-refractivity contribution in [1.29, 1.82) is 0 Å². The molecule has 86 valence electrons. The molecule has 0 atom stereocenters. The molecule has 0 radical (unpaired) electrons. The predicted molar refractivity (Wildman–Crippen MR) is 68.5 cm³/mol. The van der Waals surface area contributed by atoms with Crippen LogP contribution in [0.15, 0.2) is 18.2 Å². The van der Waals surface area contributed by atoms with Gasteiger partial charge in [0.25, 0.3) is 5.91 Å². The summed E-state index contributed by atoms with van der Waals surface area (Å²) in [5.41, 5.74) is 1.52. The van der Waals surface area contributed by atoms with Crippen molar-refractivity contribution in [2.24, 2.45) is 0 Å². The first-order valence-corrected chi connectivity index (χ1v) is 5.73. The second-order valence-electron chi connectivity index (χ2n) is 3.54. The minimum Gasteiger partial charge on any atom is -0.480 e. The number of benzene rings is 1. The minimum absolute atomic E-state index is 0.268. The van der Waals surface area contributed by atoms with Gasteiger partial charge in [-0.05, 0) is 41.6 Å². The Morgan fingerprint density at radius 1 is 1.44 bits per heavy atom. The molecule has 0 aromatic heterocycles. The third kappa shape index (κ3) is 3.19. The van der Waals surface area contributed by atoms with Crippen LogP contribution in [-0.4, -0.2) is 35.5 Å². The molecule has 1 aromatic carbocycles. The van der Waals surface area contributed by atoms with Crippen molar-refractivity contribution in [3.63, 3.8) is 0 Å². The smallest absolute Gasteiger partial charge is 0.323 e. The summed E-state index contributed by atoms with van der Waals surface area (Å²) in [6.07, 6.45) is 0. The van der Waals surface area contributed by atoms with Crippen LogP contribution in [0.1, 0.15) is 15.9 Å². The molecule has 16 heavy (non-hydrogen) atoms. The normalized spacial score (nSPS) is 9.94. The number of hydrogen-bond acceptors (Lipinski definition) is 2. The van der Waals surface area contributed by atoms with Gasteiger partial charge in [-0.1, -0.05) is 11.6 Å². The van der Waals surface area contributed by atoms with Crippen LogP contribution in [0, 0.1) is 10.5 Å². The summed E-state index contributed by atoms with van der Waals surface area (Å²) in [6.45, 7) is 1.60. The van der Waals surface area contributed by atoms with E-state index in [9.17, 15) is 9.59 Å². The lowest BCUT2D eigenvalue weighted by atomic mass is 10.1. The number of carboxylic acids is 1. The van der Waals surface area contributed by atoms with Crippen LogP contribution >= 0.6 is 22.6 Å². The maximum absolute atomic E-state index is 11.9. The Hall–Kier alpha value is -1.11. The zero-order chi connectivity index (χ0) is 12.3. The maximum atomic E-state index is 11.9. The Morgan fingerprint density at radius 2 is 2.06 bits per heavy atom. The Morgan fingerprint density at radius 3 is 2.62 bits per heavy atom. The van der Waals surface area contributed by atoms with Crippen LogP contribution < -0.4 is 0 Å². The molecule has 0 saturated heterocycles. The number of aliphatic carboxylic acids is 1. The lowest BCUT2D eigenvalue weighted by Crippen LogP contribution is -2.32. The van der Waals surface area contributed by atoms with Gasteiger partial charge in [0.05, 0.1) is 5.56 Å². The van der Waals surface area contributed by atoms with E-state index in [0.717, 1.165) is 9.13 Å². The Balaban J connectivity index is 2.95. The quantitative estimate of drug-likeness (QED) is 0.858. The SMILES string of the molecule is Cc1ccc(I)c(C(=O)N(C)CC(=O)O)c1. The number of hydrogen-bond donors (Lipinski definition) is 1. The first-order chi connectivity index (χ1) is 7.41. The zero-order valence-corrected chi connectivity index (χ0v) is 11.2. The molecule has 0 heterocycles. The number of carbonyl (C=O) groups is 2. The summed E-state index contributed by atoms with van der Waals surface area (Å²) in [5, 5.41) is 8.61. The van der Waals surface area contributed by atoms with Crippen LogP contribution in [0.3, 0.4) is 0 Å². The van der Waals surface area contributed by atoms with Gasteiger partial charge in [0.15, 0.2) is 0 Å². The predicted octanol–water partition coefficient (Wildman–Crippen LogP) is 1.76. The summed E-state index contributed by atoms with van der Waals surface area (Å²) in [5.74, 6) is -1.28. The third-order valence-corrected chi connectivity index (χ3v) is 3.01. The third-order valence-electron chi connectivity index (χ3n) is 2.07. The second-order valence-corrected chi connectivity index (χ2v) is 4.70. The van der Waals surface area contributed by atoms with E-state index in [1.807, 2.05) is 19.1 Å². The highest BCUT2D eigenvalue weighted by molar-refractivity contribution is 14.1. The van der Waals surface area contributed by atoms with Crippen molar-refractivity contribution in [1.82, 2.24) is 4.90 Å². The fourth-order valence-corrected chi connectivity index (χ4v) is 1.85. The van der Waals surface area contributed by atoms with Gasteiger partial charge in [-0.15, -0.1) is 0 Å². The van der Waals surface area contributed by atoms with Gasteiger partial charge in [0.1, 0.15) is 6.54 Å². The van der Waals surface area contributed by atoms with Gasteiger partial charge >= 0.3 is 5.97 Å². The second kappa shape index (κ2) is 5.29. The van der Waals surface area contributed by atoms with Gasteiger partial charge in [-0.3, -0.25) is 9.59 Å². The van der Waals surface area contributed by atoms with E-state index < -0.39 is 5.97 Å². The van der Waals surface area contributed by atoms with Crippen molar-refractivity contribution in [2.75, 3.05) is 13.6 Å². The van der Waals surface area contributed by atoms with E-state index in [4.69, 9.17) is 5.11 Å². The molecule has 0 bridgehead atoms. The number of aryl methyl sites for hydroxylation is 1. The number of amides is 1. The highest BCUT2D eigenvalue weighted by Gasteiger charge is 2.16. The van der Waals surface area contributed by atoms with E-state index in [2.05, 4.69) is 22.6 Å². The van der Waals surface area contributed by atoms with Gasteiger partial charge in [-0.2, -0.15) is 0 Å². The van der Waals surface area contributed by atoms with Crippen molar-refractivity contribution >= 4 is 34.5 Å². The molecule has 0 aliphatic heterocycles. The zero-order valence-electron chi connectivity index (χ0n) is 9.03. The number of likely N-dealkylation sites (N-methyl/N-ethyl adjacent to an activating group) is 1.